The predicted octanol–water partition coefficient (Wildman–Crippen LogP) is 5.95. The van der Waals surface area contributed by atoms with Gasteiger partial charge in [0.05, 0.1) is 5.75 Å². The van der Waals surface area contributed by atoms with Crippen LogP contribution in [0.2, 0.25) is 5.02 Å². The number of hydrogen-bond donors (Lipinski definition) is 0. The highest BCUT2D eigenvalue weighted by molar-refractivity contribution is 7.98. The van der Waals surface area contributed by atoms with Gasteiger partial charge >= 0.3 is 0 Å². The first-order chi connectivity index (χ1) is 13.1. The van der Waals surface area contributed by atoms with Crippen LogP contribution in [0.25, 0.3) is 22.7 Å². The summed E-state index contributed by atoms with van der Waals surface area (Å²) in [5.41, 5.74) is 5.06. The van der Waals surface area contributed by atoms with Crippen molar-refractivity contribution < 1.29 is 8.94 Å². The Labute approximate surface area is 165 Å². The number of benzene rings is 2. The Morgan fingerprint density at radius 3 is 2.48 bits per heavy atom. The Morgan fingerprint density at radius 1 is 0.926 bits per heavy atom. The van der Waals surface area contributed by atoms with E-state index in [4.69, 9.17) is 20.5 Å². The average Bonchev–Trinajstić information content (AvgIpc) is 3.32. The summed E-state index contributed by atoms with van der Waals surface area (Å²) >= 11 is 7.33. The molecule has 5 nitrogen and oxygen atoms in total. The summed E-state index contributed by atoms with van der Waals surface area (Å²) < 4.78 is 11.2. The summed E-state index contributed by atoms with van der Waals surface area (Å²) in [6.45, 7) is 4.14. The van der Waals surface area contributed by atoms with Crippen LogP contribution in [0.3, 0.4) is 0 Å². The summed E-state index contributed by atoms with van der Waals surface area (Å²) in [5, 5.41) is 13.5. The number of halogens is 1. The van der Waals surface area contributed by atoms with Crippen molar-refractivity contribution in [2.75, 3.05) is 0 Å². The quantitative estimate of drug-likeness (QED) is 0.387. The number of thioether (sulfide) groups is 1. The molecule has 4 rings (SSSR count). The van der Waals surface area contributed by atoms with E-state index in [1.807, 2.05) is 42.5 Å². The lowest BCUT2D eigenvalue weighted by Gasteiger charge is -2.00. The van der Waals surface area contributed by atoms with E-state index in [2.05, 4.69) is 35.3 Å². The molecule has 2 heterocycles. The second-order valence-corrected chi connectivity index (χ2v) is 7.51. The monoisotopic (exact) mass is 397 g/mol. The molecule has 0 bridgehead atoms. The largest absolute Gasteiger partial charge is 0.411 e. The van der Waals surface area contributed by atoms with Gasteiger partial charge < -0.3 is 8.94 Å². The zero-order valence-corrected chi connectivity index (χ0v) is 16.3. The van der Waals surface area contributed by atoms with E-state index in [9.17, 15) is 0 Å². The van der Waals surface area contributed by atoms with E-state index in [1.54, 1.807) is 0 Å². The molecule has 0 radical (unpaired) electrons. The average molecular weight is 398 g/mol. The van der Waals surface area contributed by atoms with Crippen LogP contribution in [-0.2, 0) is 5.75 Å². The van der Waals surface area contributed by atoms with E-state index in [0.717, 1.165) is 22.6 Å². The summed E-state index contributed by atoms with van der Waals surface area (Å²) in [4.78, 5) is 0. The lowest BCUT2D eigenvalue weighted by atomic mass is 10.1. The summed E-state index contributed by atoms with van der Waals surface area (Å²) in [6, 6.07) is 15.5. The third-order valence-electron chi connectivity index (χ3n) is 4.20. The van der Waals surface area contributed by atoms with Gasteiger partial charge in [0.2, 0.25) is 5.89 Å². The van der Waals surface area contributed by atoms with Crippen molar-refractivity contribution in [1.29, 1.82) is 0 Å². The van der Waals surface area contributed by atoms with Crippen molar-refractivity contribution in [3.05, 3.63) is 70.4 Å². The molecule has 0 unspecified atom stereocenters. The Bertz CT molecular complexity index is 1070. The van der Waals surface area contributed by atoms with Gasteiger partial charge in [0.15, 0.2) is 0 Å². The smallest absolute Gasteiger partial charge is 0.277 e. The predicted molar refractivity (Wildman–Crippen MR) is 106 cm³/mol. The second-order valence-electron chi connectivity index (χ2n) is 6.15. The first-order valence-electron chi connectivity index (χ1n) is 8.34. The molecule has 7 heteroatoms. The van der Waals surface area contributed by atoms with Crippen LogP contribution in [0.5, 0.6) is 0 Å². The Hall–Kier alpha value is -2.57. The van der Waals surface area contributed by atoms with Crippen LogP contribution in [0.4, 0.5) is 0 Å². The highest BCUT2D eigenvalue weighted by Crippen LogP contribution is 2.28. The standard InChI is InChI=1S/C20H16ClN3O2S/c1-12-3-4-15(9-13(12)2)19-22-23-20(25-19)27-11-17-10-18(24-26-17)14-5-7-16(21)8-6-14/h3-10H,11H2,1-2H3. The molecule has 2 aromatic heterocycles. The summed E-state index contributed by atoms with van der Waals surface area (Å²) in [6.07, 6.45) is 0. The van der Waals surface area contributed by atoms with Crippen LogP contribution < -0.4 is 0 Å². The Morgan fingerprint density at radius 2 is 1.70 bits per heavy atom. The minimum absolute atomic E-state index is 0.493. The van der Waals surface area contributed by atoms with Gasteiger partial charge in [0.1, 0.15) is 11.5 Å². The molecule has 136 valence electrons. The maximum atomic E-state index is 5.91. The number of aromatic nitrogens is 3. The Balaban J connectivity index is 1.43. The molecule has 0 aliphatic carbocycles. The van der Waals surface area contributed by atoms with Gasteiger partial charge in [0.25, 0.3) is 5.22 Å². The molecule has 0 aliphatic rings. The van der Waals surface area contributed by atoms with Crippen LogP contribution >= 0.6 is 23.4 Å². The third kappa shape index (κ3) is 4.07. The van der Waals surface area contributed by atoms with Crippen LogP contribution in [0.1, 0.15) is 16.9 Å². The van der Waals surface area contributed by atoms with Crippen molar-refractivity contribution in [3.63, 3.8) is 0 Å². The summed E-state index contributed by atoms with van der Waals surface area (Å²) in [7, 11) is 0. The number of nitrogens with zero attached hydrogens (tertiary/aromatic N) is 3. The van der Waals surface area contributed by atoms with E-state index < -0.39 is 0 Å². The molecule has 27 heavy (non-hydrogen) atoms. The maximum absolute atomic E-state index is 5.91. The second kappa shape index (κ2) is 7.58. The highest BCUT2D eigenvalue weighted by atomic mass is 35.5. The number of hydrogen-bond acceptors (Lipinski definition) is 6. The lowest BCUT2D eigenvalue weighted by molar-refractivity contribution is 0.396. The van der Waals surface area contributed by atoms with E-state index in [0.29, 0.717) is 21.9 Å². The molecule has 0 saturated heterocycles. The van der Waals surface area contributed by atoms with Crippen molar-refractivity contribution in [1.82, 2.24) is 15.4 Å². The molecule has 0 N–H and O–H groups in total. The van der Waals surface area contributed by atoms with E-state index >= 15 is 0 Å². The fourth-order valence-electron chi connectivity index (χ4n) is 2.53. The molecular weight excluding hydrogens is 382 g/mol. The molecule has 0 fully saturated rings. The molecule has 0 amide bonds. The van der Waals surface area contributed by atoms with Gasteiger partial charge in [-0.3, -0.25) is 0 Å². The van der Waals surface area contributed by atoms with E-state index in [-0.39, 0.29) is 0 Å². The van der Waals surface area contributed by atoms with Crippen molar-refractivity contribution in [2.45, 2.75) is 24.8 Å². The molecule has 0 spiro atoms. The van der Waals surface area contributed by atoms with Crippen LogP contribution in [0, 0.1) is 13.8 Å². The van der Waals surface area contributed by atoms with Gasteiger partial charge in [-0.2, -0.15) is 0 Å². The number of rotatable bonds is 5. The van der Waals surface area contributed by atoms with Gasteiger partial charge in [-0.15, -0.1) is 10.2 Å². The zero-order chi connectivity index (χ0) is 18.8. The lowest BCUT2D eigenvalue weighted by Crippen LogP contribution is -1.83. The van der Waals surface area contributed by atoms with Gasteiger partial charge in [-0.25, -0.2) is 0 Å². The molecule has 0 saturated carbocycles. The normalized spacial score (nSPS) is 11.1. The van der Waals surface area contributed by atoms with Crippen LogP contribution in [0.15, 0.2) is 62.7 Å². The molecule has 4 aromatic rings. The highest BCUT2D eigenvalue weighted by Gasteiger charge is 2.12. The topological polar surface area (TPSA) is 65.0 Å². The molecule has 0 aliphatic heterocycles. The van der Waals surface area contributed by atoms with Gasteiger partial charge in [-0.05, 0) is 49.2 Å². The zero-order valence-electron chi connectivity index (χ0n) is 14.8. The fourth-order valence-corrected chi connectivity index (χ4v) is 3.29. The number of aryl methyl sites for hydroxylation is 2. The van der Waals surface area contributed by atoms with E-state index in [1.165, 1.54) is 22.9 Å². The minimum atomic E-state index is 0.493. The minimum Gasteiger partial charge on any atom is -0.411 e. The van der Waals surface area contributed by atoms with Crippen molar-refractivity contribution in [2.24, 2.45) is 0 Å². The SMILES string of the molecule is Cc1ccc(-c2nnc(SCc3cc(-c4ccc(Cl)cc4)no3)o2)cc1C. The summed E-state index contributed by atoms with van der Waals surface area (Å²) in [5.74, 6) is 1.80. The molecule has 2 aromatic carbocycles. The third-order valence-corrected chi connectivity index (χ3v) is 5.29. The van der Waals surface area contributed by atoms with Crippen molar-refractivity contribution in [3.8, 4) is 22.7 Å². The molecular formula is C20H16ClN3O2S. The first-order valence-corrected chi connectivity index (χ1v) is 9.70. The van der Waals surface area contributed by atoms with Crippen LogP contribution in [-0.4, -0.2) is 15.4 Å². The Kier molecular flexibility index (Phi) is 5.01. The first kappa shape index (κ1) is 17.8. The van der Waals surface area contributed by atoms with Gasteiger partial charge in [0, 0.05) is 22.2 Å². The molecule has 0 atom stereocenters. The fraction of sp³-hybridized carbons (Fsp3) is 0.150. The maximum Gasteiger partial charge on any atom is 0.277 e. The van der Waals surface area contributed by atoms with Crippen molar-refractivity contribution >= 4 is 23.4 Å². The van der Waals surface area contributed by atoms with Gasteiger partial charge in [-0.1, -0.05) is 46.7 Å².